The molecule has 22 heavy (non-hydrogen) atoms. The molecule has 0 spiro atoms. The van der Waals surface area contributed by atoms with Crippen molar-refractivity contribution in [1.82, 2.24) is 10.6 Å². The molecular formula is C16H17FN2O2S. The molecule has 2 rings (SSSR count). The zero-order valence-corrected chi connectivity index (χ0v) is 12.7. The van der Waals surface area contributed by atoms with Crippen LogP contribution in [0, 0.1) is 5.82 Å². The summed E-state index contributed by atoms with van der Waals surface area (Å²) >= 11 is 0. The molecule has 0 aromatic heterocycles. The van der Waals surface area contributed by atoms with Gasteiger partial charge in [-0.3, -0.25) is 4.21 Å². The summed E-state index contributed by atoms with van der Waals surface area (Å²) in [5, 5.41) is 5.31. The summed E-state index contributed by atoms with van der Waals surface area (Å²) in [6, 6.07) is 14.7. The Bertz CT molecular complexity index is 632. The van der Waals surface area contributed by atoms with Gasteiger partial charge in [0.2, 0.25) is 0 Å². The summed E-state index contributed by atoms with van der Waals surface area (Å²) in [5.74, 6) is 0.0464. The first-order chi connectivity index (χ1) is 10.6. The average molecular weight is 320 g/mol. The number of hydrogen-bond acceptors (Lipinski definition) is 2. The smallest absolute Gasteiger partial charge is 0.315 e. The van der Waals surface area contributed by atoms with E-state index in [2.05, 4.69) is 10.6 Å². The highest BCUT2D eigenvalue weighted by Gasteiger charge is 2.04. The number of carbonyl (C=O) groups excluding carboxylic acids is 1. The van der Waals surface area contributed by atoms with E-state index in [9.17, 15) is 13.4 Å². The van der Waals surface area contributed by atoms with Gasteiger partial charge >= 0.3 is 6.03 Å². The number of halogens is 1. The molecule has 2 N–H and O–H groups in total. The Balaban J connectivity index is 1.67. The standard InChI is InChI=1S/C16H17FN2O2S/c17-14-8-6-13(7-9-14)12-19-16(20)18-10-11-22(21)15-4-2-1-3-5-15/h1-9H,10-12H2,(H2,18,19,20). The van der Waals surface area contributed by atoms with Gasteiger partial charge in [-0.05, 0) is 29.8 Å². The molecule has 0 aliphatic heterocycles. The van der Waals surface area contributed by atoms with Crippen LogP contribution in [0.2, 0.25) is 0 Å². The maximum Gasteiger partial charge on any atom is 0.315 e. The molecule has 1 atom stereocenters. The monoisotopic (exact) mass is 320 g/mol. The van der Waals surface area contributed by atoms with Crippen LogP contribution in [0.15, 0.2) is 59.5 Å². The molecule has 2 aromatic rings. The SMILES string of the molecule is O=C(NCCS(=O)c1ccccc1)NCc1ccc(F)cc1. The number of amides is 2. The Morgan fingerprint density at radius 2 is 1.68 bits per heavy atom. The highest BCUT2D eigenvalue weighted by Crippen LogP contribution is 2.04. The molecule has 2 amide bonds. The van der Waals surface area contributed by atoms with Gasteiger partial charge in [0.05, 0.1) is 10.8 Å². The van der Waals surface area contributed by atoms with Crippen LogP contribution in [0.25, 0.3) is 0 Å². The van der Waals surface area contributed by atoms with Gasteiger partial charge in [-0.1, -0.05) is 30.3 Å². The van der Waals surface area contributed by atoms with Crippen molar-refractivity contribution in [3.8, 4) is 0 Å². The van der Waals surface area contributed by atoms with Gasteiger partial charge in [0.1, 0.15) is 5.82 Å². The van der Waals surface area contributed by atoms with Crippen molar-refractivity contribution < 1.29 is 13.4 Å². The van der Waals surface area contributed by atoms with E-state index in [1.54, 1.807) is 24.3 Å². The summed E-state index contributed by atoms with van der Waals surface area (Å²) in [4.78, 5) is 12.4. The van der Waals surface area contributed by atoms with E-state index in [1.165, 1.54) is 12.1 Å². The largest absolute Gasteiger partial charge is 0.337 e. The number of carbonyl (C=O) groups is 1. The first-order valence-electron chi connectivity index (χ1n) is 6.85. The van der Waals surface area contributed by atoms with E-state index in [-0.39, 0.29) is 11.8 Å². The maximum absolute atomic E-state index is 12.7. The fraction of sp³-hybridized carbons (Fsp3) is 0.188. The minimum absolute atomic E-state index is 0.309. The van der Waals surface area contributed by atoms with Crippen LogP contribution in [0.1, 0.15) is 5.56 Å². The number of rotatable bonds is 6. The number of urea groups is 1. The third-order valence-electron chi connectivity index (χ3n) is 2.95. The highest BCUT2D eigenvalue weighted by molar-refractivity contribution is 7.85. The van der Waals surface area contributed by atoms with E-state index in [0.717, 1.165) is 10.5 Å². The molecule has 0 saturated heterocycles. The minimum Gasteiger partial charge on any atom is -0.337 e. The second-order valence-electron chi connectivity index (χ2n) is 4.60. The van der Waals surface area contributed by atoms with Gasteiger partial charge in [-0.25, -0.2) is 9.18 Å². The Morgan fingerprint density at radius 3 is 2.36 bits per heavy atom. The van der Waals surface area contributed by atoms with Gasteiger partial charge in [0.25, 0.3) is 0 Å². The summed E-state index contributed by atoms with van der Waals surface area (Å²) in [6.45, 7) is 0.630. The van der Waals surface area contributed by atoms with Gasteiger partial charge in [-0.2, -0.15) is 0 Å². The Kier molecular flexibility index (Phi) is 6.09. The molecule has 0 radical (unpaired) electrons. The highest BCUT2D eigenvalue weighted by atomic mass is 32.2. The number of hydrogen-bond donors (Lipinski definition) is 2. The van der Waals surface area contributed by atoms with Crippen LogP contribution in [0.4, 0.5) is 9.18 Å². The van der Waals surface area contributed by atoms with Crippen LogP contribution in [0.5, 0.6) is 0 Å². The van der Waals surface area contributed by atoms with Crippen molar-refractivity contribution in [3.05, 3.63) is 66.0 Å². The predicted octanol–water partition coefficient (Wildman–Crippen LogP) is 2.43. The topological polar surface area (TPSA) is 58.2 Å². The predicted molar refractivity (Wildman–Crippen MR) is 84.4 cm³/mol. The molecule has 0 bridgehead atoms. The van der Waals surface area contributed by atoms with Crippen LogP contribution in [-0.4, -0.2) is 22.5 Å². The van der Waals surface area contributed by atoms with Gasteiger partial charge in [-0.15, -0.1) is 0 Å². The van der Waals surface area contributed by atoms with Crippen LogP contribution in [0.3, 0.4) is 0 Å². The van der Waals surface area contributed by atoms with E-state index in [4.69, 9.17) is 0 Å². The van der Waals surface area contributed by atoms with Crippen LogP contribution in [-0.2, 0) is 17.3 Å². The molecule has 0 aliphatic carbocycles. The summed E-state index contributed by atoms with van der Waals surface area (Å²) in [7, 11) is -1.13. The normalized spacial score (nSPS) is 11.7. The van der Waals surface area contributed by atoms with Crippen LogP contribution < -0.4 is 10.6 Å². The zero-order chi connectivity index (χ0) is 15.8. The first kappa shape index (κ1) is 16.2. The van der Waals surface area contributed by atoms with Gasteiger partial charge < -0.3 is 10.6 Å². The zero-order valence-electron chi connectivity index (χ0n) is 11.9. The molecule has 0 aliphatic rings. The molecule has 4 nitrogen and oxygen atoms in total. The van der Waals surface area contributed by atoms with Crippen molar-refractivity contribution >= 4 is 16.8 Å². The third-order valence-corrected chi connectivity index (χ3v) is 4.32. The van der Waals surface area contributed by atoms with Crippen molar-refractivity contribution in [2.45, 2.75) is 11.4 Å². The first-order valence-corrected chi connectivity index (χ1v) is 8.16. The lowest BCUT2D eigenvalue weighted by Gasteiger charge is -2.08. The van der Waals surface area contributed by atoms with E-state index < -0.39 is 10.8 Å². The van der Waals surface area contributed by atoms with Crippen LogP contribution >= 0.6 is 0 Å². The molecule has 116 valence electrons. The molecule has 0 saturated carbocycles. The van der Waals surface area contributed by atoms with E-state index in [0.29, 0.717) is 18.8 Å². The third kappa shape index (κ3) is 5.29. The lowest BCUT2D eigenvalue weighted by atomic mass is 10.2. The lowest BCUT2D eigenvalue weighted by Crippen LogP contribution is -2.37. The summed E-state index contributed by atoms with van der Waals surface area (Å²) in [6.07, 6.45) is 0. The molecule has 0 heterocycles. The molecule has 0 fully saturated rings. The quantitative estimate of drug-likeness (QED) is 0.859. The fourth-order valence-electron chi connectivity index (χ4n) is 1.79. The Labute approximate surface area is 131 Å². The van der Waals surface area contributed by atoms with Crippen molar-refractivity contribution in [1.29, 1.82) is 0 Å². The molecular weight excluding hydrogens is 303 g/mol. The second-order valence-corrected chi connectivity index (χ2v) is 6.17. The molecule has 6 heteroatoms. The lowest BCUT2D eigenvalue weighted by molar-refractivity contribution is 0.241. The summed E-state index contributed by atoms with van der Waals surface area (Å²) < 4.78 is 24.7. The maximum atomic E-state index is 12.7. The fourth-order valence-corrected chi connectivity index (χ4v) is 2.78. The average Bonchev–Trinajstić information content (AvgIpc) is 2.55. The van der Waals surface area contributed by atoms with Gasteiger partial charge in [0.15, 0.2) is 0 Å². The number of nitrogens with one attached hydrogen (secondary N) is 2. The minimum atomic E-state index is -1.13. The van der Waals surface area contributed by atoms with Crippen molar-refractivity contribution in [2.24, 2.45) is 0 Å². The molecule has 2 aromatic carbocycles. The summed E-state index contributed by atoms with van der Waals surface area (Å²) in [5.41, 5.74) is 0.810. The van der Waals surface area contributed by atoms with Crippen molar-refractivity contribution in [3.63, 3.8) is 0 Å². The number of benzene rings is 2. The molecule has 1 unspecified atom stereocenters. The van der Waals surface area contributed by atoms with Crippen molar-refractivity contribution in [2.75, 3.05) is 12.3 Å². The second kappa shape index (κ2) is 8.29. The van der Waals surface area contributed by atoms with E-state index >= 15 is 0 Å². The Hall–Kier alpha value is -2.21. The van der Waals surface area contributed by atoms with Gasteiger partial charge in [0, 0.05) is 23.7 Å². The van der Waals surface area contributed by atoms with E-state index in [1.807, 2.05) is 18.2 Å². The Morgan fingerprint density at radius 1 is 1.00 bits per heavy atom.